The minimum Gasteiger partial charge on any atom is -0.441 e. The first-order valence-corrected chi connectivity index (χ1v) is 13.7. The van der Waals surface area contributed by atoms with E-state index in [0.717, 1.165) is 43.2 Å². The van der Waals surface area contributed by atoms with Gasteiger partial charge in [0.05, 0.1) is 0 Å². The molecule has 3 aromatic rings. The molecule has 2 fully saturated rings. The van der Waals surface area contributed by atoms with Crippen molar-refractivity contribution in [3.05, 3.63) is 108 Å². The minimum absolute atomic E-state index is 0. The molecule has 0 radical (unpaired) electrons. The van der Waals surface area contributed by atoms with E-state index in [1.807, 2.05) is 18.0 Å². The second-order valence-electron chi connectivity index (χ2n) is 10.1. The van der Waals surface area contributed by atoms with E-state index in [9.17, 15) is 0 Å². The normalized spacial score (nSPS) is 25.3. The van der Waals surface area contributed by atoms with Gasteiger partial charge in [0.2, 0.25) is 0 Å². The van der Waals surface area contributed by atoms with Gasteiger partial charge < -0.3 is 25.3 Å². The molecule has 0 bridgehead atoms. The number of para-hydroxylation sites is 1. The van der Waals surface area contributed by atoms with Crippen molar-refractivity contribution in [1.82, 2.24) is 4.31 Å². The van der Waals surface area contributed by atoms with Gasteiger partial charge in [-0.1, -0.05) is 60.7 Å². The highest BCUT2D eigenvalue weighted by atomic mass is 32.2. The molecule has 1 saturated carbocycles. The summed E-state index contributed by atoms with van der Waals surface area (Å²) in [5, 5.41) is 0. The summed E-state index contributed by atoms with van der Waals surface area (Å²) in [7, 11) is 0. The smallest absolute Gasteiger partial charge is 0.302 e. The number of fused-ring (bicyclic) bond motifs is 2. The molecule has 7 heteroatoms. The molecule has 4 aliphatic rings. The summed E-state index contributed by atoms with van der Waals surface area (Å²) in [6.07, 6.45) is 5.77. The minimum atomic E-state index is -0.886. The van der Waals surface area contributed by atoms with Crippen molar-refractivity contribution in [1.29, 1.82) is 0 Å². The van der Waals surface area contributed by atoms with E-state index in [0.29, 0.717) is 11.8 Å². The third-order valence-electron chi connectivity index (χ3n) is 7.75. The van der Waals surface area contributed by atoms with Crippen molar-refractivity contribution in [2.24, 2.45) is 11.8 Å². The summed E-state index contributed by atoms with van der Waals surface area (Å²) in [4.78, 5) is 3.65. The van der Waals surface area contributed by atoms with Crippen molar-refractivity contribution < 1.29 is 20.4 Å². The van der Waals surface area contributed by atoms with Crippen molar-refractivity contribution in [2.45, 2.75) is 24.0 Å². The van der Waals surface area contributed by atoms with Crippen molar-refractivity contribution in [2.75, 3.05) is 31.1 Å². The summed E-state index contributed by atoms with van der Waals surface area (Å²) >= 11 is 1.82. The highest BCUT2D eigenvalue weighted by Gasteiger charge is 2.56. The van der Waals surface area contributed by atoms with Crippen LogP contribution in [0, 0.1) is 11.8 Å². The van der Waals surface area contributed by atoms with Crippen molar-refractivity contribution in [3.8, 4) is 11.5 Å². The van der Waals surface area contributed by atoms with Crippen molar-refractivity contribution in [3.63, 3.8) is 0 Å². The molecule has 4 N–H and O–H groups in total. The van der Waals surface area contributed by atoms with E-state index in [-0.39, 0.29) is 11.0 Å². The third kappa shape index (κ3) is 4.60. The van der Waals surface area contributed by atoms with Gasteiger partial charge in [-0.2, -0.15) is 0 Å². The van der Waals surface area contributed by atoms with Gasteiger partial charge in [0, 0.05) is 47.9 Å². The molecule has 6 nitrogen and oxygen atoms in total. The Hall–Kier alpha value is -3.23. The zero-order valence-corrected chi connectivity index (χ0v) is 22.3. The largest absolute Gasteiger partial charge is 0.441 e. The Bertz CT molecular complexity index is 1340. The summed E-state index contributed by atoms with van der Waals surface area (Å²) in [6, 6.07) is 27.6. The summed E-state index contributed by atoms with van der Waals surface area (Å²) in [6.45, 7) is 6.29. The predicted octanol–water partition coefficient (Wildman–Crippen LogP) is 5.01. The van der Waals surface area contributed by atoms with Crippen LogP contribution in [0.3, 0.4) is 0 Å². The maximum Gasteiger partial charge on any atom is 0.302 e. The van der Waals surface area contributed by atoms with Crippen LogP contribution in [-0.2, 0) is 5.79 Å². The summed E-state index contributed by atoms with van der Waals surface area (Å²) in [5.41, 5.74) is 4.91. The molecule has 7 rings (SSSR count). The number of nitrogens with zero attached hydrogens (tertiary/aromatic N) is 2. The van der Waals surface area contributed by atoms with E-state index in [1.165, 1.54) is 28.1 Å². The van der Waals surface area contributed by atoms with Gasteiger partial charge in [-0.15, -0.1) is 0 Å². The standard InChI is InChI=1S/C31H30N2O2S.2H2O/c1-22-12-13-23-20-27(23)30(22)31(24-8-4-2-5-9-24)34-28-15-14-26(21-29(28)35-31)36-33-18-16-32(17-19-33)25-10-6-3-7-11-25;;/h2-15,21,23,27H,16-20H2,1H3;2*1H2. The molecule has 0 amide bonds. The predicted molar refractivity (Wildman–Crippen MR) is 153 cm³/mol. The first kappa shape index (κ1) is 26.4. The van der Waals surface area contributed by atoms with Crippen LogP contribution < -0.4 is 14.4 Å². The molecule has 3 aromatic carbocycles. The molecule has 2 aliphatic heterocycles. The molecule has 0 aromatic heterocycles. The zero-order chi connectivity index (χ0) is 24.1. The summed E-state index contributed by atoms with van der Waals surface area (Å²) in [5.74, 6) is 1.88. The molecule has 3 unspecified atom stereocenters. The van der Waals surface area contributed by atoms with Crippen LogP contribution in [-0.4, -0.2) is 41.4 Å². The lowest BCUT2D eigenvalue weighted by molar-refractivity contribution is -0.0554. The Kier molecular flexibility index (Phi) is 7.29. The number of rotatable bonds is 5. The van der Waals surface area contributed by atoms with E-state index in [4.69, 9.17) is 9.47 Å². The highest BCUT2D eigenvalue weighted by Crippen LogP contribution is 2.59. The van der Waals surface area contributed by atoms with Gasteiger partial charge in [-0.05, 0) is 73.0 Å². The molecule has 0 spiro atoms. The molecule has 1 saturated heterocycles. The number of benzene rings is 3. The zero-order valence-electron chi connectivity index (χ0n) is 21.5. The second kappa shape index (κ2) is 10.5. The van der Waals surface area contributed by atoms with Crippen LogP contribution in [0.5, 0.6) is 11.5 Å². The van der Waals surface area contributed by atoms with Gasteiger partial charge in [-0.3, -0.25) is 0 Å². The molecule has 3 atom stereocenters. The number of ether oxygens (including phenoxy) is 2. The van der Waals surface area contributed by atoms with Gasteiger partial charge in [0.15, 0.2) is 11.5 Å². The SMILES string of the molecule is CC1=C(C2(c3ccccc3)Oc3ccc(SN4CCN(c5ccccc5)CC4)cc3O2)C2CC2C=C1.O.O. The molecular weight excluding hydrogens is 496 g/mol. The molecule has 2 heterocycles. The fourth-order valence-electron chi connectivity index (χ4n) is 5.82. The molecular formula is C31H34N2O4S. The monoisotopic (exact) mass is 530 g/mol. The lowest BCUT2D eigenvalue weighted by Gasteiger charge is -2.35. The topological polar surface area (TPSA) is 87.9 Å². The van der Waals surface area contributed by atoms with E-state index in [2.05, 4.69) is 101 Å². The molecule has 2 aliphatic carbocycles. The average Bonchev–Trinajstić information content (AvgIpc) is 3.61. The number of anilines is 1. The van der Waals surface area contributed by atoms with Gasteiger partial charge >= 0.3 is 5.79 Å². The average molecular weight is 531 g/mol. The Balaban J connectivity index is 0.00000147. The molecule has 198 valence electrons. The third-order valence-corrected chi connectivity index (χ3v) is 8.84. The first-order chi connectivity index (χ1) is 17.7. The van der Waals surface area contributed by atoms with E-state index < -0.39 is 5.79 Å². The van der Waals surface area contributed by atoms with Crippen molar-refractivity contribution >= 4 is 17.6 Å². The van der Waals surface area contributed by atoms with Crippen LogP contribution in [0.15, 0.2) is 107 Å². The molecule has 38 heavy (non-hydrogen) atoms. The van der Waals surface area contributed by atoms with Crippen LogP contribution >= 0.6 is 11.9 Å². The lowest BCUT2D eigenvalue weighted by Crippen LogP contribution is -2.43. The Morgan fingerprint density at radius 1 is 0.816 bits per heavy atom. The fraction of sp³-hybridized carbons (Fsp3) is 0.290. The van der Waals surface area contributed by atoms with Gasteiger partial charge in [-0.25, -0.2) is 4.31 Å². The second-order valence-corrected chi connectivity index (χ2v) is 11.3. The Morgan fingerprint density at radius 2 is 1.50 bits per heavy atom. The van der Waals surface area contributed by atoms with Crippen LogP contribution in [0.25, 0.3) is 0 Å². The van der Waals surface area contributed by atoms with E-state index >= 15 is 0 Å². The number of piperazine rings is 1. The quantitative estimate of drug-likeness (QED) is 0.433. The van der Waals surface area contributed by atoms with Gasteiger partial charge in [0.25, 0.3) is 0 Å². The van der Waals surface area contributed by atoms with Gasteiger partial charge in [0.1, 0.15) is 0 Å². The van der Waals surface area contributed by atoms with Crippen LogP contribution in [0.1, 0.15) is 18.9 Å². The number of allylic oxidation sites excluding steroid dienone is 3. The lowest BCUT2D eigenvalue weighted by atomic mass is 9.87. The maximum atomic E-state index is 6.84. The Morgan fingerprint density at radius 3 is 2.24 bits per heavy atom. The maximum absolute atomic E-state index is 6.84. The van der Waals surface area contributed by atoms with Crippen LogP contribution in [0.2, 0.25) is 0 Å². The Labute approximate surface area is 228 Å². The fourth-order valence-corrected chi connectivity index (χ4v) is 6.75. The highest BCUT2D eigenvalue weighted by molar-refractivity contribution is 7.97. The first-order valence-electron chi connectivity index (χ1n) is 12.9. The van der Waals surface area contributed by atoms with E-state index in [1.54, 1.807) is 0 Å². The number of hydrogen-bond donors (Lipinski definition) is 0. The van der Waals surface area contributed by atoms with Crippen LogP contribution in [0.4, 0.5) is 5.69 Å². The number of hydrogen-bond acceptors (Lipinski definition) is 5. The summed E-state index contributed by atoms with van der Waals surface area (Å²) < 4.78 is 16.0.